The molecule has 4 aromatic carbocycles. The van der Waals surface area contributed by atoms with Crippen molar-refractivity contribution < 1.29 is 0 Å². The SMILES string of the molecule is [B]c1c([B])c([B])c(-c2ccc3sc4cccc(-c5cc(C(C)(C)C)cc(C(C)(C)C)c5)c4c3c2C(C)C)c([B])c1[B]. The van der Waals surface area contributed by atoms with Gasteiger partial charge in [0.1, 0.15) is 39.2 Å². The molecule has 1 heterocycles. The van der Waals surface area contributed by atoms with E-state index in [1.54, 1.807) is 0 Å². The maximum Gasteiger partial charge on any atom is 0.113 e. The van der Waals surface area contributed by atoms with Crippen molar-refractivity contribution in [2.45, 2.75) is 72.1 Å². The lowest BCUT2D eigenvalue weighted by atomic mass is 9.59. The molecule has 194 valence electrons. The topological polar surface area (TPSA) is 0 Å². The molecular weight excluding hydrogens is 507 g/mol. The second-order valence-corrected chi connectivity index (χ2v) is 14.7. The van der Waals surface area contributed by atoms with Crippen molar-refractivity contribution >= 4 is 98.1 Å². The van der Waals surface area contributed by atoms with Crippen LogP contribution in [0.4, 0.5) is 0 Å². The van der Waals surface area contributed by atoms with Gasteiger partial charge in [0.15, 0.2) is 0 Å². The minimum atomic E-state index is 0.0148. The van der Waals surface area contributed by atoms with Crippen molar-refractivity contribution in [3.63, 3.8) is 0 Å². The molecule has 10 radical (unpaired) electrons. The van der Waals surface area contributed by atoms with Crippen LogP contribution in [0.1, 0.15) is 78.0 Å². The van der Waals surface area contributed by atoms with Crippen LogP contribution in [0.15, 0.2) is 48.5 Å². The van der Waals surface area contributed by atoms with Gasteiger partial charge in [0, 0.05) is 20.2 Å². The maximum absolute atomic E-state index is 6.58. The normalized spacial score (nSPS) is 12.6. The van der Waals surface area contributed by atoms with Crippen LogP contribution in [0.25, 0.3) is 42.4 Å². The van der Waals surface area contributed by atoms with Gasteiger partial charge in [-0.3, -0.25) is 0 Å². The Balaban J connectivity index is 1.93. The molecule has 0 fully saturated rings. The molecule has 0 spiro atoms. The molecule has 0 unspecified atom stereocenters. The van der Waals surface area contributed by atoms with Gasteiger partial charge in [-0.25, -0.2) is 0 Å². The fourth-order valence-corrected chi connectivity index (χ4v) is 6.93. The van der Waals surface area contributed by atoms with Crippen molar-refractivity contribution in [2.75, 3.05) is 0 Å². The average molecular weight is 540 g/mol. The van der Waals surface area contributed by atoms with Gasteiger partial charge in [0.05, 0.1) is 0 Å². The smallest absolute Gasteiger partial charge is 0.113 e. The summed E-state index contributed by atoms with van der Waals surface area (Å²) in [5, 5.41) is 2.47. The van der Waals surface area contributed by atoms with Gasteiger partial charge in [0.25, 0.3) is 0 Å². The van der Waals surface area contributed by atoms with Crippen LogP contribution < -0.4 is 27.3 Å². The molecule has 5 aromatic rings. The van der Waals surface area contributed by atoms with Crippen molar-refractivity contribution in [3.05, 3.63) is 65.2 Å². The van der Waals surface area contributed by atoms with Gasteiger partial charge in [-0.1, -0.05) is 103 Å². The molecule has 0 bridgehead atoms. The van der Waals surface area contributed by atoms with E-state index in [9.17, 15) is 0 Å². The van der Waals surface area contributed by atoms with E-state index in [4.69, 9.17) is 39.2 Å². The molecule has 1 aromatic heterocycles. The van der Waals surface area contributed by atoms with E-state index >= 15 is 0 Å². The van der Waals surface area contributed by atoms with Crippen LogP contribution in [0.5, 0.6) is 0 Å². The molecule has 5 rings (SSSR count). The van der Waals surface area contributed by atoms with Crippen molar-refractivity contribution in [1.82, 2.24) is 0 Å². The molecule has 0 atom stereocenters. The number of benzene rings is 4. The zero-order valence-electron chi connectivity index (χ0n) is 25.5. The highest BCUT2D eigenvalue weighted by atomic mass is 32.1. The summed E-state index contributed by atoms with van der Waals surface area (Å²) in [6.45, 7) is 18.1. The highest BCUT2D eigenvalue weighted by Crippen LogP contribution is 2.46. The molecule has 0 N–H and O–H groups in total. The Kier molecular flexibility index (Phi) is 7.51. The molecule has 0 saturated carbocycles. The van der Waals surface area contributed by atoms with E-state index in [2.05, 4.69) is 104 Å². The Morgan fingerprint density at radius 2 is 1.10 bits per heavy atom. The van der Waals surface area contributed by atoms with Crippen LogP contribution in [0, 0.1) is 0 Å². The predicted octanol–water partition coefficient (Wildman–Crippen LogP) is 5.08. The Hall–Kier alpha value is -2.58. The molecule has 41 heavy (non-hydrogen) atoms. The molecule has 0 nitrogen and oxygen atoms in total. The molecular formula is C35H33B5S. The van der Waals surface area contributed by atoms with Crippen LogP contribution >= 0.6 is 11.3 Å². The van der Waals surface area contributed by atoms with Gasteiger partial charge in [-0.2, -0.15) is 0 Å². The quantitative estimate of drug-likeness (QED) is 0.281. The zero-order chi connectivity index (χ0) is 30.2. The van der Waals surface area contributed by atoms with Crippen molar-refractivity contribution in [1.29, 1.82) is 0 Å². The third kappa shape index (κ3) is 5.05. The van der Waals surface area contributed by atoms with Crippen LogP contribution in [-0.4, -0.2) is 39.2 Å². The lowest BCUT2D eigenvalue weighted by Gasteiger charge is -2.26. The third-order valence-corrected chi connectivity index (χ3v) is 9.35. The zero-order valence-corrected chi connectivity index (χ0v) is 26.3. The molecule has 0 saturated heterocycles. The Morgan fingerprint density at radius 3 is 1.61 bits per heavy atom. The van der Waals surface area contributed by atoms with E-state index in [0.29, 0.717) is 16.5 Å². The van der Waals surface area contributed by atoms with Crippen LogP contribution in [-0.2, 0) is 10.8 Å². The Bertz CT molecular complexity index is 1770. The lowest BCUT2D eigenvalue weighted by molar-refractivity contribution is 0.569. The van der Waals surface area contributed by atoms with Crippen LogP contribution in [0.2, 0.25) is 0 Å². The van der Waals surface area contributed by atoms with E-state index in [1.165, 1.54) is 48.0 Å². The second kappa shape index (κ2) is 10.3. The summed E-state index contributed by atoms with van der Waals surface area (Å²) in [5.41, 5.74) is 9.40. The standard InChI is InChI=1S/C35H33B5S/c1-17(2)25-22(27-29(36)31(38)33(40)32(39)30(27)37)12-13-24-28(25)26-21(10-9-11-23(26)41-24)18-14-19(34(3,4)5)16-20(15-18)35(6,7)8/h9-17H,1-8H3. The van der Waals surface area contributed by atoms with E-state index in [1.807, 2.05) is 11.3 Å². The number of thiophene rings is 1. The summed E-state index contributed by atoms with van der Waals surface area (Å²) in [7, 11) is 31.9. The maximum atomic E-state index is 6.58. The molecule has 0 aliphatic carbocycles. The first-order chi connectivity index (χ1) is 19.0. The fraction of sp³-hybridized carbons (Fsp3) is 0.314. The molecule has 0 aliphatic rings. The Morgan fingerprint density at radius 1 is 0.585 bits per heavy atom. The summed E-state index contributed by atoms with van der Waals surface area (Å²) in [6.07, 6.45) is 0. The highest BCUT2D eigenvalue weighted by molar-refractivity contribution is 7.26. The predicted molar refractivity (Wildman–Crippen MR) is 189 cm³/mol. The first-order valence-corrected chi connectivity index (χ1v) is 15.0. The minimum Gasteiger partial charge on any atom is -0.135 e. The average Bonchev–Trinajstić information content (AvgIpc) is 3.28. The van der Waals surface area contributed by atoms with E-state index in [-0.39, 0.29) is 33.1 Å². The number of hydrogen-bond acceptors (Lipinski definition) is 1. The number of hydrogen-bond donors (Lipinski definition) is 0. The van der Waals surface area contributed by atoms with Crippen molar-refractivity contribution in [3.8, 4) is 22.3 Å². The van der Waals surface area contributed by atoms with Crippen LogP contribution in [0.3, 0.4) is 0 Å². The first-order valence-electron chi connectivity index (χ1n) is 14.2. The summed E-state index contributed by atoms with van der Waals surface area (Å²) in [5.74, 6) is 0.171. The molecule has 0 amide bonds. The Labute approximate surface area is 256 Å². The summed E-state index contributed by atoms with van der Waals surface area (Å²) < 4.78 is 2.46. The lowest BCUT2D eigenvalue weighted by Crippen LogP contribution is -2.55. The summed E-state index contributed by atoms with van der Waals surface area (Å²) in [4.78, 5) is 0. The highest BCUT2D eigenvalue weighted by Gasteiger charge is 2.24. The van der Waals surface area contributed by atoms with Gasteiger partial charge < -0.3 is 0 Å². The molecule has 0 aliphatic heterocycles. The van der Waals surface area contributed by atoms with Crippen molar-refractivity contribution in [2.24, 2.45) is 0 Å². The van der Waals surface area contributed by atoms with Gasteiger partial charge in [-0.15, -0.1) is 27.7 Å². The van der Waals surface area contributed by atoms with Gasteiger partial charge in [0.2, 0.25) is 0 Å². The molecule has 6 heteroatoms. The number of rotatable bonds is 3. The number of fused-ring (bicyclic) bond motifs is 3. The summed E-state index contributed by atoms with van der Waals surface area (Å²) in [6, 6.07) is 18.0. The van der Waals surface area contributed by atoms with Gasteiger partial charge >= 0.3 is 0 Å². The third-order valence-electron chi connectivity index (χ3n) is 8.23. The van der Waals surface area contributed by atoms with E-state index in [0.717, 1.165) is 5.56 Å². The van der Waals surface area contributed by atoms with Gasteiger partial charge in [-0.05, 0) is 67.8 Å². The van der Waals surface area contributed by atoms with E-state index < -0.39 is 0 Å². The first kappa shape index (κ1) is 29.9. The minimum absolute atomic E-state index is 0.0148. The monoisotopic (exact) mass is 540 g/mol. The summed E-state index contributed by atoms with van der Waals surface area (Å²) >= 11 is 1.81. The largest absolute Gasteiger partial charge is 0.135 e. The fourth-order valence-electron chi connectivity index (χ4n) is 5.78. The second-order valence-electron chi connectivity index (χ2n) is 13.6.